The number of anilines is 1. The zero-order valence-electron chi connectivity index (χ0n) is 8.57. The van der Waals surface area contributed by atoms with Gasteiger partial charge in [0.15, 0.2) is 11.6 Å². The lowest BCUT2D eigenvalue weighted by Crippen LogP contribution is -2.26. The quantitative estimate of drug-likeness (QED) is 0.752. The number of nitrogens with one attached hydrogen (secondary N) is 1. The van der Waals surface area contributed by atoms with Crippen LogP contribution in [0.15, 0.2) is 18.2 Å². The second-order valence-corrected chi connectivity index (χ2v) is 3.66. The second kappa shape index (κ2) is 4.49. The number of carbonyl (C=O) groups excluding carboxylic acids is 1. The first-order valence-corrected chi connectivity index (χ1v) is 5.08. The molecule has 1 unspecified atom stereocenters. The minimum absolute atomic E-state index is 0.275. The van der Waals surface area contributed by atoms with E-state index in [1.165, 1.54) is 12.1 Å². The highest BCUT2D eigenvalue weighted by Crippen LogP contribution is 2.20. The zero-order chi connectivity index (χ0) is 11.5. The molecule has 1 amide bonds. The summed E-state index contributed by atoms with van der Waals surface area (Å²) >= 11 is 0. The second-order valence-electron chi connectivity index (χ2n) is 3.66. The van der Waals surface area contributed by atoms with Crippen molar-refractivity contribution in [2.45, 2.75) is 18.9 Å². The van der Waals surface area contributed by atoms with Gasteiger partial charge in [0.1, 0.15) is 6.10 Å². The summed E-state index contributed by atoms with van der Waals surface area (Å²) in [6.07, 6.45) is 1.10. The number of rotatable bonds is 2. The molecule has 16 heavy (non-hydrogen) atoms. The maximum absolute atomic E-state index is 13.0. The van der Waals surface area contributed by atoms with Crippen LogP contribution in [0.2, 0.25) is 0 Å². The van der Waals surface area contributed by atoms with Gasteiger partial charge in [-0.05, 0) is 25.0 Å². The molecular formula is C11H12FNO3. The number of amides is 1. The molecule has 0 aromatic heterocycles. The van der Waals surface area contributed by atoms with E-state index >= 15 is 0 Å². The fourth-order valence-electron chi connectivity index (χ4n) is 1.59. The number of hydrogen-bond donors (Lipinski definition) is 2. The fourth-order valence-corrected chi connectivity index (χ4v) is 1.59. The largest absolute Gasteiger partial charge is 0.505 e. The van der Waals surface area contributed by atoms with Crippen molar-refractivity contribution in [1.82, 2.24) is 0 Å². The van der Waals surface area contributed by atoms with E-state index in [1.54, 1.807) is 0 Å². The highest BCUT2D eigenvalue weighted by Gasteiger charge is 2.23. The topological polar surface area (TPSA) is 58.6 Å². The molecular weight excluding hydrogens is 213 g/mol. The lowest BCUT2D eigenvalue weighted by atomic mass is 10.2. The number of ether oxygens (including phenoxy) is 1. The molecule has 1 fully saturated rings. The van der Waals surface area contributed by atoms with Crippen LogP contribution in [-0.4, -0.2) is 23.7 Å². The van der Waals surface area contributed by atoms with Crippen LogP contribution in [-0.2, 0) is 9.53 Å². The van der Waals surface area contributed by atoms with Crippen molar-refractivity contribution >= 4 is 11.6 Å². The Balaban J connectivity index is 2.02. The predicted molar refractivity (Wildman–Crippen MR) is 55.7 cm³/mol. The van der Waals surface area contributed by atoms with Crippen molar-refractivity contribution in [3.63, 3.8) is 0 Å². The van der Waals surface area contributed by atoms with Gasteiger partial charge in [0.2, 0.25) is 0 Å². The maximum atomic E-state index is 13.0. The summed E-state index contributed by atoms with van der Waals surface area (Å²) < 4.78 is 18.2. The van der Waals surface area contributed by atoms with Crippen molar-refractivity contribution in [3.05, 3.63) is 24.0 Å². The Hall–Kier alpha value is -1.62. The van der Waals surface area contributed by atoms with E-state index in [0.29, 0.717) is 18.7 Å². The smallest absolute Gasteiger partial charge is 0.253 e. The van der Waals surface area contributed by atoms with E-state index in [4.69, 9.17) is 9.84 Å². The van der Waals surface area contributed by atoms with E-state index < -0.39 is 17.7 Å². The third kappa shape index (κ3) is 2.30. The van der Waals surface area contributed by atoms with Crippen molar-refractivity contribution in [2.75, 3.05) is 11.9 Å². The van der Waals surface area contributed by atoms with E-state index in [9.17, 15) is 9.18 Å². The number of aromatic hydroxyl groups is 1. The molecule has 5 heteroatoms. The highest BCUT2D eigenvalue weighted by molar-refractivity contribution is 5.94. The van der Waals surface area contributed by atoms with Crippen LogP contribution in [0.4, 0.5) is 10.1 Å². The van der Waals surface area contributed by atoms with Crippen molar-refractivity contribution in [2.24, 2.45) is 0 Å². The van der Waals surface area contributed by atoms with Gasteiger partial charge < -0.3 is 15.2 Å². The van der Waals surface area contributed by atoms with Gasteiger partial charge in [-0.3, -0.25) is 4.79 Å². The van der Waals surface area contributed by atoms with Crippen LogP contribution in [0.3, 0.4) is 0 Å². The van der Waals surface area contributed by atoms with Crippen LogP contribution in [0, 0.1) is 5.82 Å². The molecule has 0 bridgehead atoms. The highest BCUT2D eigenvalue weighted by atomic mass is 19.1. The Morgan fingerprint density at radius 1 is 1.56 bits per heavy atom. The fraction of sp³-hybridized carbons (Fsp3) is 0.364. The number of hydrogen-bond acceptors (Lipinski definition) is 3. The molecule has 2 rings (SSSR count). The standard InChI is InChI=1S/C11H12FNO3/c12-8-6-7(3-4-9(8)14)13-11(15)10-2-1-5-16-10/h3-4,6,10,14H,1-2,5H2,(H,13,15). The van der Waals surface area contributed by atoms with E-state index in [2.05, 4.69) is 5.32 Å². The normalized spacial score (nSPS) is 19.7. The van der Waals surface area contributed by atoms with Gasteiger partial charge in [0, 0.05) is 18.4 Å². The SMILES string of the molecule is O=C(Nc1ccc(O)c(F)c1)C1CCCO1. The Kier molecular flexibility index (Phi) is 3.05. The lowest BCUT2D eigenvalue weighted by molar-refractivity contribution is -0.124. The molecule has 1 aliphatic rings. The van der Waals surface area contributed by atoms with Crippen molar-refractivity contribution in [3.8, 4) is 5.75 Å². The summed E-state index contributed by atoms with van der Waals surface area (Å²) in [5.74, 6) is -1.47. The first-order valence-electron chi connectivity index (χ1n) is 5.08. The third-order valence-electron chi connectivity index (χ3n) is 2.44. The van der Waals surface area contributed by atoms with Gasteiger partial charge in [-0.15, -0.1) is 0 Å². The van der Waals surface area contributed by atoms with Gasteiger partial charge in [-0.1, -0.05) is 0 Å². The van der Waals surface area contributed by atoms with E-state index in [-0.39, 0.29) is 5.91 Å². The summed E-state index contributed by atoms with van der Waals surface area (Å²) in [6, 6.07) is 3.70. The Morgan fingerprint density at radius 3 is 3.00 bits per heavy atom. The molecule has 1 atom stereocenters. The predicted octanol–water partition coefficient (Wildman–Crippen LogP) is 1.65. The Morgan fingerprint density at radius 2 is 2.38 bits per heavy atom. The average Bonchev–Trinajstić information content (AvgIpc) is 2.77. The number of phenolic OH excluding ortho intramolecular Hbond substituents is 1. The van der Waals surface area contributed by atoms with E-state index in [0.717, 1.165) is 12.5 Å². The Labute approximate surface area is 92.0 Å². The molecule has 1 heterocycles. The molecule has 0 radical (unpaired) electrons. The third-order valence-corrected chi connectivity index (χ3v) is 2.44. The van der Waals surface area contributed by atoms with Crippen LogP contribution in [0.5, 0.6) is 5.75 Å². The molecule has 1 saturated heterocycles. The van der Waals surface area contributed by atoms with Gasteiger partial charge in [-0.2, -0.15) is 0 Å². The molecule has 0 aliphatic carbocycles. The van der Waals surface area contributed by atoms with E-state index in [1.807, 2.05) is 0 Å². The van der Waals surface area contributed by atoms with Crippen molar-refractivity contribution in [1.29, 1.82) is 0 Å². The average molecular weight is 225 g/mol. The van der Waals surface area contributed by atoms with Crippen LogP contribution in [0.1, 0.15) is 12.8 Å². The van der Waals surface area contributed by atoms with Crippen LogP contribution >= 0.6 is 0 Å². The zero-order valence-corrected chi connectivity index (χ0v) is 8.57. The molecule has 1 aromatic carbocycles. The molecule has 4 nitrogen and oxygen atoms in total. The maximum Gasteiger partial charge on any atom is 0.253 e. The number of benzene rings is 1. The monoisotopic (exact) mass is 225 g/mol. The summed E-state index contributed by atoms with van der Waals surface area (Å²) in [7, 11) is 0. The van der Waals surface area contributed by atoms with Gasteiger partial charge in [0.25, 0.3) is 5.91 Å². The number of carbonyl (C=O) groups is 1. The summed E-state index contributed by atoms with van der Waals surface area (Å²) in [6.45, 7) is 0.585. The number of phenols is 1. The summed E-state index contributed by atoms with van der Waals surface area (Å²) in [5, 5.41) is 11.5. The first kappa shape index (κ1) is 10.9. The number of halogens is 1. The lowest BCUT2D eigenvalue weighted by Gasteiger charge is -2.10. The molecule has 86 valence electrons. The Bertz CT molecular complexity index is 402. The molecule has 1 aliphatic heterocycles. The molecule has 1 aromatic rings. The van der Waals surface area contributed by atoms with Crippen LogP contribution in [0.25, 0.3) is 0 Å². The van der Waals surface area contributed by atoms with Gasteiger partial charge in [0.05, 0.1) is 0 Å². The molecule has 0 spiro atoms. The first-order chi connectivity index (χ1) is 7.66. The van der Waals surface area contributed by atoms with Crippen molar-refractivity contribution < 1.29 is 19.0 Å². The molecule has 0 saturated carbocycles. The van der Waals surface area contributed by atoms with Gasteiger partial charge in [-0.25, -0.2) is 4.39 Å². The summed E-state index contributed by atoms with van der Waals surface area (Å²) in [4.78, 5) is 11.6. The summed E-state index contributed by atoms with van der Waals surface area (Å²) in [5.41, 5.74) is 0.316. The minimum atomic E-state index is -0.759. The van der Waals surface area contributed by atoms with Gasteiger partial charge >= 0.3 is 0 Å². The molecule has 2 N–H and O–H groups in total. The minimum Gasteiger partial charge on any atom is -0.505 e. The van der Waals surface area contributed by atoms with Crippen LogP contribution < -0.4 is 5.32 Å².